The van der Waals surface area contributed by atoms with Gasteiger partial charge in [0.05, 0.1) is 5.69 Å². The summed E-state index contributed by atoms with van der Waals surface area (Å²) in [6, 6.07) is 1.89. The predicted molar refractivity (Wildman–Crippen MR) is 46.9 cm³/mol. The smallest absolute Gasteiger partial charge is 0.178 e. The van der Waals surface area contributed by atoms with Gasteiger partial charge in [0, 0.05) is 6.20 Å². The second-order valence-corrected chi connectivity index (χ2v) is 2.90. The van der Waals surface area contributed by atoms with Gasteiger partial charge in [-0.25, -0.2) is 9.50 Å². The first-order chi connectivity index (χ1) is 5.66. The van der Waals surface area contributed by atoms with E-state index in [4.69, 9.17) is 5.73 Å². The molecule has 0 saturated heterocycles. The third-order valence-electron chi connectivity index (χ3n) is 1.70. The molecule has 0 aliphatic rings. The first kappa shape index (κ1) is 7.09. The Morgan fingerprint density at radius 3 is 2.92 bits per heavy atom. The summed E-state index contributed by atoms with van der Waals surface area (Å²) in [5.74, 6) is 0.743. The molecule has 12 heavy (non-hydrogen) atoms. The van der Waals surface area contributed by atoms with E-state index in [0.29, 0.717) is 5.69 Å². The summed E-state index contributed by atoms with van der Waals surface area (Å²) in [7, 11) is 0. The van der Waals surface area contributed by atoms with Crippen LogP contribution in [0.2, 0.25) is 0 Å². The zero-order valence-corrected chi connectivity index (χ0v) is 7.07. The molecule has 2 aromatic rings. The van der Waals surface area contributed by atoms with Gasteiger partial charge in [-0.2, -0.15) is 5.10 Å². The van der Waals surface area contributed by atoms with Crippen LogP contribution >= 0.6 is 0 Å². The maximum Gasteiger partial charge on any atom is 0.178 e. The van der Waals surface area contributed by atoms with Crippen molar-refractivity contribution >= 4 is 11.3 Å². The van der Waals surface area contributed by atoms with Crippen LogP contribution in [-0.2, 0) is 0 Å². The number of nitrogens with two attached hydrogens (primary N) is 1. The van der Waals surface area contributed by atoms with Crippen molar-refractivity contribution in [3.8, 4) is 0 Å². The number of pyridine rings is 1. The number of fused-ring (bicyclic) bond motifs is 1. The van der Waals surface area contributed by atoms with Gasteiger partial charge in [0.2, 0.25) is 0 Å². The average Bonchev–Trinajstić information content (AvgIpc) is 2.29. The molecule has 4 heteroatoms. The van der Waals surface area contributed by atoms with E-state index < -0.39 is 0 Å². The molecular formula is C8H10N4. The summed E-state index contributed by atoms with van der Waals surface area (Å²) < 4.78 is 1.71. The largest absolute Gasteiger partial charge is 0.396 e. The van der Waals surface area contributed by atoms with Gasteiger partial charge >= 0.3 is 0 Å². The van der Waals surface area contributed by atoms with E-state index in [1.165, 1.54) is 0 Å². The fraction of sp³-hybridized carbons (Fsp3) is 0.250. The quantitative estimate of drug-likeness (QED) is 0.627. The number of anilines is 1. The second kappa shape index (κ2) is 2.20. The minimum atomic E-state index is 0.676. The highest BCUT2D eigenvalue weighted by Gasteiger charge is 2.02. The highest BCUT2D eigenvalue weighted by Crippen LogP contribution is 2.12. The molecule has 0 unspecified atom stereocenters. The van der Waals surface area contributed by atoms with Gasteiger partial charge < -0.3 is 5.73 Å². The molecule has 0 aliphatic heterocycles. The molecule has 0 saturated carbocycles. The molecule has 0 radical (unpaired) electrons. The van der Waals surface area contributed by atoms with E-state index in [1.807, 2.05) is 26.1 Å². The Balaban J connectivity index is 2.88. The van der Waals surface area contributed by atoms with Gasteiger partial charge in [0.25, 0.3) is 0 Å². The van der Waals surface area contributed by atoms with Crippen LogP contribution in [0, 0.1) is 13.8 Å². The molecule has 0 atom stereocenters. The molecule has 62 valence electrons. The Bertz CT molecular complexity index is 430. The Kier molecular flexibility index (Phi) is 1.30. The number of rotatable bonds is 0. The Morgan fingerprint density at radius 2 is 2.17 bits per heavy atom. The van der Waals surface area contributed by atoms with Crippen LogP contribution < -0.4 is 5.73 Å². The maximum absolute atomic E-state index is 5.75. The maximum atomic E-state index is 5.75. The van der Waals surface area contributed by atoms with Crippen molar-refractivity contribution in [2.24, 2.45) is 0 Å². The summed E-state index contributed by atoms with van der Waals surface area (Å²) >= 11 is 0. The van der Waals surface area contributed by atoms with Crippen LogP contribution in [0.15, 0.2) is 12.3 Å². The second-order valence-electron chi connectivity index (χ2n) is 2.90. The van der Waals surface area contributed by atoms with Gasteiger partial charge in [-0.3, -0.25) is 0 Å². The monoisotopic (exact) mass is 162 g/mol. The van der Waals surface area contributed by atoms with Crippen LogP contribution in [-0.4, -0.2) is 14.6 Å². The molecule has 0 aliphatic carbocycles. The molecule has 0 spiro atoms. The number of aromatic nitrogens is 3. The summed E-state index contributed by atoms with van der Waals surface area (Å²) in [6.07, 6.45) is 1.91. The topological polar surface area (TPSA) is 56.2 Å². The molecule has 4 nitrogen and oxygen atoms in total. The van der Waals surface area contributed by atoms with Gasteiger partial charge in [0.1, 0.15) is 5.82 Å². The van der Waals surface area contributed by atoms with Gasteiger partial charge in [-0.05, 0) is 25.5 Å². The van der Waals surface area contributed by atoms with Gasteiger partial charge in [-0.1, -0.05) is 0 Å². The van der Waals surface area contributed by atoms with Crippen molar-refractivity contribution in [1.29, 1.82) is 0 Å². The van der Waals surface area contributed by atoms with Crippen molar-refractivity contribution in [2.45, 2.75) is 13.8 Å². The van der Waals surface area contributed by atoms with Gasteiger partial charge in [-0.15, -0.1) is 0 Å². The van der Waals surface area contributed by atoms with Crippen molar-refractivity contribution in [3.05, 3.63) is 23.7 Å². The number of aryl methyl sites for hydroxylation is 2. The molecule has 2 N–H and O–H groups in total. The lowest BCUT2D eigenvalue weighted by Crippen LogP contribution is -1.94. The Hall–Kier alpha value is -1.58. The Morgan fingerprint density at radius 1 is 1.42 bits per heavy atom. The lowest BCUT2D eigenvalue weighted by Gasteiger charge is -1.97. The number of nitrogens with zero attached hydrogens (tertiary/aromatic N) is 3. The normalized spacial score (nSPS) is 10.8. The van der Waals surface area contributed by atoms with Crippen LogP contribution in [0.5, 0.6) is 0 Å². The minimum Gasteiger partial charge on any atom is -0.396 e. The molecule has 2 aromatic heterocycles. The Labute approximate surface area is 70.0 Å². The molecule has 0 bridgehead atoms. The van der Waals surface area contributed by atoms with E-state index in [1.54, 1.807) is 4.52 Å². The van der Waals surface area contributed by atoms with Gasteiger partial charge in [0.15, 0.2) is 5.65 Å². The van der Waals surface area contributed by atoms with Crippen molar-refractivity contribution in [2.75, 3.05) is 5.73 Å². The first-order valence-corrected chi connectivity index (χ1v) is 3.76. The molecule has 0 fully saturated rings. The molecular weight excluding hydrogens is 152 g/mol. The lowest BCUT2D eigenvalue weighted by molar-refractivity contribution is 0.924. The molecule has 2 rings (SSSR count). The summed E-state index contributed by atoms with van der Waals surface area (Å²) in [5, 5.41) is 4.16. The summed E-state index contributed by atoms with van der Waals surface area (Å²) in [6.45, 7) is 3.83. The van der Waals surface area contributed by atoms with Crippen LogP contribution in [0.1, 0.15) is 11.4 Å². The third-order valence-corrected chi connectivity index (χ3v) is 1.70. The predicted octanol–water partition coefficient (Wildman–Crippen LogP) is 0.928. The third kappa shape index (κ3) is 0.922. The number of hydrogen-bond donors (Lipinski definition) is 1. The SMILES string of the molecule is Cc1cc(N)c2nc(C)nn2c1. The minimum absolute atomic E-state index is 0.676. The van der Waals surface area contributed by atoms with Crippen LogP contribution in [0.4, 0.5) is 5.69 Å². The fourth-order valence-corrected chi connectivity index (χ4v) is 1.26. The molecule has 0 amide bonds. The molecule has 0 aromatic carbocycles. The van der Waals surface area contributed by atoms with E-state index >= 15 is 0 Å². The fourth-order valence-electron chi connectivity index (χ4n) is 1.26. The van der Waals surface area contributed by atoms with E-state index in [9.17, 15) is 0 Å². The highest BCUT2D eigenvalue weighted by molar-refractivity contribution is 5.64. The lowest BCUT2D eigenvalue weighted by atomic mass is 10.3. The van der Waals surface area contributed by atoms with Crippen LogP contribution in [0.25, 0.3) is 5.65 Å². The summed E-state index contributed by atoms with van der Waals surface area (Å²) in [5.41, 5.74) is 8.25. The zero-order valence-electron chi connectivity index (χ0n) is 7.07. The van der Waals surface area contributed by atoms with E-state index in [2.05, 4.69) is 10.1 Å². The van der Waals surface area contributed by atoms with Crippen LogP contribution in [0.3, 0.4) is 0 Å². The van der Waals surface area contributed by atoms with Crippen molar-refractivity contribution in [3.63, 3.8) is 0 Å². The summed E-state index contributed by atoms with van der Waals surface area (Å²) in [4.78, 5) is 4.18. The van der Waals surface area contributed by atoms with Crippen molar-refractivity contribution < 1.29 is 0 Å². The zero-order chi connectivity index (χ0) is 8.72. The van der Waals surface area contributed by atoms with E-state index in [-0.39, 0.29) is 0 Å². The standard InChI is InChI=1S/C8H10N4/c1-5-3-7(9)8-10-6(2)11-12(8)4-5/h3-4H,9H2,1-2H3. The number of hydrogen-bond acceptors (Lipinski definition) is 3. The first-order valence-electron chi connectivity index (χ1n) is 3.76. The van der Waals surface area contributed by atoms with Crippen molar-refractivity contribution in [1.82, 2.24) is 14.6 Å². The number of nitrogen functional groups attached to an aromatic ring is 1. The highest BCUT2D eigenvalue weighted by atomic mass is 15.3. The average molecular weight is 162 g/mol. The molecule has 2 heterocycles. The van der Waals surface area contributed by atoms with E-state index in [0.717, 1.165) is 17.0 Å².